The number of rotatable bonds is 3. The average molecular weight is 307 g/mol. The number of benzene rings is 4. The van der Waals surface area contributed by atoms with Gasteiger partial charge in [0.25, 0.3) is 0 Å². The third kappa shape index (κ3) is 2.97. The first kappa shape index (κ1) is 14.4. The molecule has 0 bridgehead atoms. The van der Waals surface area contributed by atoms with Gasteiger partial charge in [0.15, 0.2) is 0 Å². The van der Waals surface area contributed by atoms with Crippen LogP contribution in [0.25, 0.3) is 10.8 Å². The molecular formula is C23H17N. The molecule has 0 unspecified atom stereocenters. The van der Waals surface area contributed by atoms with Crippen molar-refractivity contribution >= 4 is 22.2 Å². The first-order valence-electron chi connectivity index (χ1n) is 8.08. The van der Waals surface area contributed by atoms with Crippen molar-refractivity contribution in [2.75, 3.05) is 0 Å². The van der Waals surface area contributed by atoms with Crippen molar-refractivity contribution in [1.82, 2.24) is 0 Å². The van der Waals surface area contributed by atoms with E-state index >= 15 is 0 Å². The first-order chi connectivity index (χ1) is 11.9. The fourth-order valence-electron chi connectivity index (χ4n) is 2.86. The summed E-state index contributed by atoms with van der Waals surface area (Å²) in [6.45, 7) is 0. The van der Waals surface area contributed by atoms with Gasteiger partial charge in [-0.3, -0.25) is 0 Å². The second-order valence-electron chi connectivity index (χ2n) is 5.72. The zero-order valence-electron chi connectivity index (χ0n) is 13.3. The Morgan fingerprint density at radius 3 is 1.67 bits per heavy atom. The van der Waals surface area contributed by atoms with Crippen LogP contribution in [0.1, 0.15) is 11.1 Å². The summed E-state index contributed by atoms with van der Waals surface area (Å²) < 4.78 is 0. The number of nitrogens with zero attached hydrogens (tertiary/aromatic N) is 1. The number of hydrogen-bond acceptors (Lipinski definition) is 1. The molecule has 0 aliphatic rings. The molecule has 0 saturated carbocycles. The van der Waals surface area contributed by atoms with E-state index < -0.39 is 0 Å². The molecule has 0 radical (unpaired) electrons. The summed E-state index contributed by atoms with van der Waals surface area (Å²) in [7, 11) is 0. The van der Waals surface area contributed by atoms with Crippen molar-refractivity contribution < 1.29 is 0 Å². The molecule has 0 fully saturated rings. The molecule has 0 amide bonds. The van der Waals surface area contributed by atoms with Crippen LogP contribution in [-0.4, -0.2) is 5.71 Å². The molecule has 0 N–H and O–H groups in total. The zero-order valence-corrected chi connectivity index (χ0v) is 13.3. The van der Waals surface area contributed by atoms with E-state index in [1.54, 1.807) is 0 Å². The summed E-state index contributed by atoms with van der Waals surface area (Å²) in [5.74, 6) is 0. The topological polar surface area (TPSA) is 12.4 Å². The maximum absolute atomic E-state index is 4.97. The van der Waals surface area contributed by atoms with Gasteiger partial charge in [-0.15, -0.1) is 0 Å². The second kappa shape index (κ2) is 6.51. The molecule has 0 aliphatic heterocycles. The lowest BCUT2D eigenvalue weighted by atomic mass is 10.0. The lowest BCUT2D eigenvalue weighted by Gasteiger charge is -2.08. The summed E-state index contributed by atoms with van der Waals surface area (Å²) in [6.07, 6.45) is 0. The van der Waals surface area contributed by atoms with Crippen LogP contribution in [0, 0.1) is 0 Å². The molecule has 0 aliphatic carbocycles. The van der Waals surface area contributed by atoms with Crippen LogP contribution < -0.4 is 0 Å². The van der Waals surface area contributed by atoms with E-state index in [2.05, 4.69) is 66.7 Å². The van der Waals surface area contributed by atoms with E-state index in [-0.39, 0.29) is 0 Å². The summed E-state index contributed by atoms with van der Waals surface area (Å²) in [5.41, 5.74) is 4.21. The van der Waals surface area contributed by atoms with Crippen molar-refractivity contribution in [3.63, 3.8) is 0 Å². The van der Waals surface area contributed by atoms with Crippen LogP contribution in [0.5, 0.6) is 0 Å². The molecule has 0 aromatic heterocycles. The van der Waals surface area contributed by atoms with Crippen molar-refractivity contribution in [2.24, 2.45) is 4.99 Å². The van der Waals surface area contributed by atoms with Crippen molar-refractivity contribution in [3.8, 4) is 0 Å². The van der Waals surface area contributed by atoms with Crippen LogP contribution in [0.4, 0.5) is 5.69 Å². The van der Waals surface area contributed by atoms with E-state index in [0.717, 1.165) is 22.5 Å². The summed E-state index contributed by atoms with van der Waals surface area (Å²) >= 11 is 0. The highest BCUT2D eigenvalue weighted by atomic mass is 14.7. The SMILES string of the molecule is c1ccc(C(=Nc2ccc3ccccc3c2)c2ccccc2)cc1. The maximum Gasteiger partial charge on any atom is 0.0781 e. The Bertz CT molecular complexity index is 944. The molecule has 114 valence electrons. The summed E-state index contributed by atoms with van der Waals surface area (Å²) in [5, 5.41) is 2.44. The Balaban J connectivity index is 1.87. The van der Waals surface area contributed by atoms with Gasteiger partial charge in [0.2, 0.25) is 0 Å². The molecule has 4 aromatic carbocycles. The van der Waals surface area contributed by atoms with Gasteiger partial charge in [0.1, 0.15) is 0 Å². The molecule has 1 nitrogen and oxygen atoms in total. The number of hydrogen-bond donors (Lipinski definition) is 0. The third-order valence-electron chi connectivity index (χ3n) is 4.07. The molecule has 0 heterocycles. The van der Waals surface area contributed by atoms with Gasteiger partial charge < -0.3 is 0 Å². The maximum atomic E-state index is 4.97. The molecular weight excluding hydrogens is 290 g/mol. The van der Waals surface area contributed by atoms with E-state index in [0.29, 0.717) is 0 Å². The molecule has 24 heavy (non-hydrogen) atoms. The third-order valence-corrected chi connectivity index (χ3v) is 4.07. The molecule has 1 heteroatoms. The molecule has 0 atom stereocenters. The Kier molecular flexibility index (Phi) is 3.91. The van der Waals surface area contributed by atoms with Gasteiger partial charge in [-0.2, -0.15) is 0 Å². The van der Waals surface area contributed by atoms with Gasteiger partial charge in [0, 0.05) is 11.1 Å². The minimum absolute atomic E-state index is 0.969. The van der Waals surface area contributed by atoms with E-state index in [1.807, 2.05) is 36.4 Å². The van der Waals surface area contributed by atoms with Crippen LogP contribution in [0.3, 0.4) is 0 Å². The lowest BCUT2D eigenvalue weighted by Crippen LogP contribution is -2.02. The molecule has 4 aromatic rings. The van der Waals surface area contributed by atoms with Crippen LogP contribution in [0.2, 0.25) is 0 Å². The van der Waals surface area contributed by atoms with E-state index in [1.165, 1.54) is 10.8 Å². The Hall–Kier alpha value is -3.19. The fraction of sp³-hybridized carbons (Fsp3) is 0. The Labute approximate surface area is 141 Å². The minimum Gasteiger partial charge on any atom is -0.248 e. The molecule has 0 saturated heterocycles. The smallest absolute Gasteiger partial charge is 0.0781 e. The lowest BCUT2D eigenvalue weighted by molar-refractivity contribution is 1.49. The van der Waals surface area contributed by atoms with Gasteiger partial charge in [-0.25, -0.2) is 4.99 Å². The van der Waals surface area contributed by atoms with E-state index in [9.17, 15) is 0 Å². The van der Waals surface area contributed by atoms with Crippen LogP contribution in [-0.2, 0) is 0 Å². The Morgan fingerprint density at radius 1 is 0.500 bits per heavy atom. The average Bonchev–Trinajstić information content (AvgIpc) is 2.67. The number of aliphatic imine (C=N–C) groups is 1. The van der Waals surface area contributed by atoms with Crippen LogP contribution in [0.15, 0.2) is 108 Å². The predicted molar refractivity (Wildman–Crippen MR) is 102 cm³/mol. The standard InChI is InChI=1S/C23H17N/c1-3-10-19(11-4-1)23(20-12-5-2-6-13-20)24-22-16-15-18-9-7-8-14-21(18)17-22/h1-17H. The largest absolute Gasteiger partial charge is 0.248 e. The summed E-state index contributed by atoms with van der Waals surface area (Å²) in [4.78, 5) is 4.97. The highest BCUT2D eigenvalue weighted by molar-refractivity contribution is 6.14. The normalized spacial score (nSPS) is 10.5. The van der Waals surface area contributed by atoms with E-state index in [4.69, 9.17) is 4.99 Å². The zero-order chi connectivity index (χ0) is 16.2. The summed E-state index contributed by atoms with van der Waals surface area (Å²) in [6, 6.07) is 35.4. The van der Waals surface area contributed by atoms with Crippen LogP contribution >= 0.6 is 0 Å². The first-order valence-corrected chi connectivity index (χ1v) is 8.08. The van der Waals surface area contributed by atoms with Gasteiger partial charge >= 0.3 is 0 Å². The van der Waals surface area contributed by atoms with Gasteiger partial charge in [0.05, 0.1) is 11.4 Å². The minimum atomic E-state index is 0.969. The van der Waals surface area contributed by atoms with Gasteiger partial charge in [-0.05, 0) is 22.9 Å². The van der Waals surface area contributed by atoms with Crippen molar-refractivity contribution in [2.45, 2.75) is 0 Å². The highest BCUT2D eigenvalue weighted by Gasteiger charge is 2.06. The molecule has 0 spiro atoms. The van der Waals surface area contributed by atoms with Crippen molar-refractivity contribution in [3.05, 3.63) is 114 Å². The number of fused-ring (bicyclic) bond motifs is 1. The quantitative estimate of drug-likeness (QED) is 0.411. The fourth-order valence-corrected chi connectivity index (χ4v) is 2.86. The van der Waals surface area contributed by atoms with Gasteiger partial charge in [-0.1, -0.05) is 91.0 Å². The Morgan fingerprint density at radius 2 is 1.04 bits per heavy atom. The van der Waals surface area contributed by atoms with Crippen molar-refractivity contribution in [1.29, 1.82) is 0 Å². The highest BCUT2D eigenvalue weighted by Crippen LogP contribution is 2.23. The second-order valence-corrected chi connectivity index (χ2v) is 5.72. The predicted octanol–water partition coefficient (Wildman–Crippen LogP) is 6.01. The molecule has 4 rings (SSSR count). The monoisotopic (exact) mass is 307 g/mol.